The van der Waals surface area contributed by atoms with E-state index < -0.39 is 0 Å². The van der Waals surface area contributed by atoms with E-state index >= 15 is 0 Å². The molecular weight excluding hydrogens is 418 g/mol. The normalized spacial score (nSPS) is 15.7. The highest BCUT2D eigenvalue weighted by atomic mass is 16.5. The van der Waals surface area contributed by atoms with Gasteiger partial charge in [0.25, 0.3) is 5.91 Å². The molecule has 1 aliphatic heterocycles. The van der Waals surface area contributed by atoms with E-state index in [-0.39, 0.29) is 24.5 Å². The second-order valence-corrected chi connectivity index (χ2v) is 7.91. The predicted molar refractivity (Wildman–Crippen MR) is 126 cm³/mol. The average molecular weight is 446 g/mol. The van der Waals surface area contributed by atoms with Crippen molar-refractivity contribution >= 4 is 17.5 Å². The Morgan fingerprint density at radius 3 is 2.33 bits per heavy atom. The fraction of sp³-hybridized carbons (Fsp3) is 0.231. The van der Waals surface area contributed by atoms with E-state index in [9.17, 15) is 9.59 Å². The van der Waals surface area contributed by atoms with Gasteiger partial charge in [-0.25, -0.2) is 0 Å². The standard InChI is InChI=1S/C26H27N3O4/c27-26(31)24-11-6-16-29(24)17-19-7-4-5-10-23(19)28-25(30)18-32-20-12-14-22(15-13-20)33-21-8-2-1-3-9-21/h1-5,7-10,12-15,24H,6,11,16-18H2,(H2,27,31)(H,28,30). The summed E-state index contributed by atoms with van der Waals surface area (Å²) >= 11 is 0. The number of para-hydroxylation sites is 2. The van der Waals surface area contributed by atoms with Gasteiger partial charge in [-0.05, 0) is 67.4 Å². The fourth-order valence-electron chi connectivity index (χ4n) is 3.90. The Bertz CT molecular complexity index is 1090. The molecule has 1 heterocycles. The number of hydrogen-bond donors (Lipinski definition) is 2. The molecule has 0 bridgehead atoms. The van der Waals surface area contributed by atoms with Crippen LogP contribution in [0.2, 0.25) is 0 Å². The summed E-state index contributed by atoms with van der Waals surface area (Å²) in [6, 6.07) is 23.9. The second-order valence-electron chi connectivity index (χ2n) is 7.91. The van der Waals surface area contributed by atoms with Crippen LogP contribution < -0.4 is 20.5 Å². The van der Waals surface area contributed by atoms with Crippen molar-refractivity contribution in [3.8, 4) is 17.2 Å². The number of rotatable bonds is 9. The number of likely N-dealkylation sites (tertiary alicyclic amines) is 1. The first kappa shape index (κ1) is 22.4. The number of primary amides is 1. The molecule has 1 aliphatic rings. The van der Waals surface area contributed by atoms with Gasteiger partial charge in [0.1, 0.15) is 17.2 Å². The van der Waals surface area contributed by atoms with Crippen LogP contribution in [0.4, 0.5) is 5.69 Å². The largest absolute Gasteiger partial charge is 0.484 e. The van der Waals surface area contributed by atoms with Crippen LogP contribution in [0.1, 0.15) is 18.4 Å². The summed E-state index contributed by atoms with van der Waals surface area (Å²) in [5.41, 5.74) is 7.16. The highest BCUT2D eigenvalue weighted by Gasteiger charge is 2.29. The molecular formula is C26H27N3O4. The molecule has 0 spiro atoms. The molecule has 0 aliphatic carbocycles. The minimum atomic E-state index is -0.303. The van der Waals surface area contributed by atoms with Crippen LogP contribution in [0.25, 0.3) is 0 Å². The minimum absolute atomic E-state index is 0.124. The lowest BCUT2D eigenvalue weighted by atomic mass is 10.1. The van der Waals surface area contributed by atoms with Gasteiger partial charge in [-0.15, -0.1) is 0 Å². The number of anilines is 1. The number of benzene rings is 3. The quantitative estimate of drug-likeness (QED) is 0.520. The highest BCUT2D eigenvalue weighted by Crippen LogP contribution is 2.25. The van der Waals surface area contributed by atoms with Gasteiger partial charge >= 0.3 is 0 Å². The van der Waals surface area contributed by atoms with Gasteiger partial charge in [-0.1, -0.05) is 36.4 Å². The lowest BCUT2D eigenvalue weighted by molar-refractivity contribution is -0.122. The minimum Gasteiger partial charge on any atom is -0.484 e. The van der Waals surface area contributed by atoms with Crippen LogP contribution in [0, 0.1) is 0 Å². The molecule has 3 aromatic rings. The smallest absolute Gasteiger partial charge is 0.262 e. The van der Waals surface area contributed by atoms with Crippen molar-refractivity contribution < 1.29 is 19.1 Å². The van der Waals surface area contributed by atoms with Crippen molar-refractivity contribution in [2.24, 2.45) is 5.73 Å². The van der Waals surface area contributed by atoms with E-state index in [4.69, 9.17) is 15.2 Å². The van der Waals surface area contributed by atoms with E-state index in [1.165, 1.54) is 0 Å². The van der Waals surface area contributed by atoms with Crippen molar-refractivity contribution in [1.29, 1.82) is 0 Å². The Hall–Kier alpha value is -3.84. The summed E-state index contributed by atoms with van der Waals surface area (Å²) in [5.74, 6) is 1.44. The van der Waals surface area contributed by atoms with E-state index in [0.29, 0.717) is 23.7 Å². The van der Waals surface area contributed by atoms with Gasteiger partial charge in [-0.3, -0.25) is 14.5 Å². The Labute approximate surface area is 193 Å². The predicted octanol–water partition coefficient (Wildman–Crippen LogP) is 3.95. The molecule has 3 aromatic carbocycles. The zero-order chi connectivity index (χ0) is 23.0. The van der Waals surface area contributed by atoms with Crippen molar-refractivity contribution in [3.05, 3.63) is 84.4 Å². The highest BCUT2D eigenvalue weighted by molar-refractivity contribution is 5.92. The number of nitrogens with one attached hydrogen (secondary N) is 1. The molecule has 1 unspecified atom stereocenters. The number of carbonyl (C=O) groups excluding carboxylic acids is 2. The van der Waals surface area contributed by atoms with Crippen molar-refractivity contribution in [3.63, 3.8) is 0 Å². The van der Waals surface area contributed by atoms with Gasteiger partial charge in [0.15, 0.2) is 6.61 Å². The number of nitrogens with zero attached hydrogens (tertiary/aromatic N) is 1. The maximum Gasteiger partial charge on any atom is 0.262 e. The molecule has 2 amide bonds. The molecule has 0 radical (unpaired) electrons. The van der Waals surface area contributed by atoms with Gasteiger partial charge < -0.3 is 20.5 Å². The molecule has 4 rings (SSSR count). The maximum atomic E-state index is 12.5. The van der Waals surface area contributed by atoms with Crippen LogP contribution in [0.5, 0.6) is 17.2 Å². The second kappa shape index (κ2) is 10.7. The lowest BCUT2D eigenvalue weighted by Crippen LogP contribution is -2.39. The maximum absolute atomic E-state index is 12.5. The molecule has 33 heavy (non-hydrogen) atoms. The first-order valence-corrected chi connectivity index (χ1v) is 11.0. The first-order valence-electron chi connectivity index (χ1n) is 11.0. The molecule has 1 fully saturated rings. The molecule has 1 atom stereocenters. The van der Waals surface area contributed by atoms with E-state index in [1.54, 1.807) is 24.3 Å². The summed E-state index contributed by atoms with van der Waals surface area (Å²) < 4.78 is 11.4. The third-order valence-electron chi connectivity index (χ3n) is 5.53. The Morgan fingerprint density at radius 1 is 0.909 bits per heavy atom. The van der Waals surface area contributed by atoms with E-state index in [0.717, 1.165) is 30.7 Å². The molecule has 170 valence electrons. The SMILES string of the molecule is NC(=O)C1CCCN1Cc1ccccc1NC(=O)COc1ccc(Oc2ccccc2)cc1. The van der Waals surface area contributed by atoms with Gasteiger partial charge in [0.05, 0.1) is 6.04 Å². The van der Waals surface area contributed by atoms with E-state index in [1.807, 2.05) is 54.6 Å². The van der Waals surface area contributed by atoms with Crippen LogP contribution in [0.15, 0.2) is 78.9 Å². The number of amides is 2. The Kier molecular flexibility index (Phi) is 7.22. The zero-order valence-corrected chi connectivity index (χ0v) is 18.3. The number of nitrogens with two attached hydrogens (primary N) is 1. The fourth-order valence-corrected chi connectivity index (χ4v) is 3.90. The van der Waals surface area contributed by atoms with Gasteiger partial charge in [0.2, 0.25) is 5.91 Å². The molecule has 7 heteroatoms. The molecule has 7 nitrogen and oxygen atoms in total. The molecule has 1 saturated heterocycles. The van der Waals surface area contributed by atoms with Crippen LogP contribution in [0.3, 0.4) is 0 Å². The average Bonchev–Trinajstić information content (AvgIpc) is 3.29. The van der Waals surface area contributed by atoms with Crippen LogP contribution >= 0.6 is 0 Å². The monoisotopic (exact) mass is 445 g/mol. The summed E-state index contributed by atoms with van der Waals surface area (Å²) in [6.07, 6.45) is 1.71. The van der Waals surface area contributed by atoms with Gasteiger partial charge in [0, 0.05) is 12.2 Å². The van der Waals surface area contributed by atoms with Crippen LogP contribution in [-0.2, 0) is 16.1 Å². The van der Waals surface area contributed by atoms with Crippen LogP contribution in [-0.4, -0.2) is 35.9 Å². The number of carbonyl (C=O) groups is 2. The summed E-state index contributed by atoms with van der Waals surface area (Å²) in [7, 11) is 0. The van der Waals surface area contributed by atoms with Crippen molar-refractivity contribution in [2.75, 3.05) is 18.5 Å². The zero-order valence-electron chi connectivity index (χ0n) is 18.3. The third kappa shape index (κ3) is 6.11. The third-order valence-corrected chi connectivity index (χ3v) is 5.53. The number of hydrogen-bond acceptors (Lipinski definition) is 5. The summed E-state index contributed by atoms with van der Waals surface area (Å²) in [4.78, 5) is 26.2. The Morgan fingerprint density at radius 2 is 1.58 bits per heavy atom. The summed E-state index contributed by atoms with van der Waals surface area (Å²) in [5, 5.41) is 2.91. The van der Waals surface area contributed by atoms with Crippen molar-refractivity contribution in [2.45, 2.75) is 25.4 Å². The molecule has 0 aromatic heterocycles. The first-order chi connectivity index (χ1) is 16.1. The van der Waals surface area contributed by atoms with E-state index in [2.05, 4.69) is 10.2 Å². The summed E-state index contributed by atoms with van der Waals surface area (Å²) in [6.45, 7) is 1.23. The topological polar surface area (TPSA) is 93.9 Å². The Balaban J connectivity index is 1.31. The van der Waals surface area contributed by atoms with Crippen molar-refractivity contribution in [1.82, 2.24) is 4.90 Å². The lowest BCUT2D eigenvalue weighted by Gasteiger charge is -2.23. The molecule has 3 N–H and O–H groups in total. The molecule has 0 saturated carbocycles. The van der Waals surface area contributed by atoms with Gasteiger partial charge in [-0.2, -0.15) is 0 Å². The number of ether oxygens (including phenoxy) is 2.